The fourth-order valence-corrected chi connectivity index (χ4v) is 9.88. The molecule has 0 bridgehead atoms. The molecule has 0 aliphatic carbocycles. The molecule has 1 unspecified atom stereocenters. The van der Waals surface area contributed by atoms with E-state index in [0.29, 0.717) is 19.3 Å². The van der Waals surface area contributed by atoms with Crippen molar-refractivity contribution in [1.29, 1.82) is 0 Å². The van der Waals surface area contributed by atoms with Crippen molar-refractivity contribution in [2.45, 2.75) is 341 Å². The average molecular weight is 1140 g/mol. The molecule has 0 amide bonds. The monoisotopic (exact) mass is 1140 g/mol. The molecule has 0 aromatic heterocycles. The number of carbonyl (C=O) groups is 3. The van der Waals surface area contributed by atoms with Crippen LogP contribution in [0.3, 0.4) is 0 Å². The normalized spacial score (nSPS) is 12.8. The lowest BCUT2D eigenvalue weighted by Gasteiger charge is -2.18. The van der Waals surface area contributed by atoms with E-state index in [2.05, 4.69) is 130 Å². The molecule has 6 heteroatoms. The highest BCUT2D eigenvalue weighted by Gasteiger charge is 2.19. The summed E-state index contributed by atoms with van der Waals surface area (Å²) in [5.41, 5.74) is 0. The van der Waals surface area contributed by atoms with Crippen LogP contribution in [0, 0.1) is 0 Å². The van der Waals surface area contributed by atoms with E-state index < -0.39 is 6.10 Å². The third kappa shape index (κ3) is 66.9. The molecule has 0 rings (SSSR count). The Labute approximate surface area is 508 Å². The van der Waals surface area contributed by atoms with Crippen molar-refractivity contribution in [2.24, 2.45) is 0 Å². The topological polar surface area (TPSA) is 78.9 Å². The number of esters is 3. The first-order valence-electron chi connectivity index (χ1n) is 34.9. The first-order chi connectivity index (χ1) is 40.5. The second-order valence-corrected chi connectivity index (χ2v) is 23.0. The Balaban J connectivity index is 4.08. The molecule has 0 fully saturated rings. The second-order valence-electron chi connectivity index (χ2n) is 23.0. The zero-order chi connectivity index (χ0) is 59.2. The minimum absolute atomic E-state index is 0.0788. The van der Waals surface area contributed by atoms with Crippen molar-refractivity contribution < 1.29 is 28.6 Å². The van der Waals surface area contributed by atoms with Crippen molar-refractivity contribution in [3.63, 3.8) is 0 Å². The van der Waals surface area contributed by atoms with Crippen LogP contribution in [-0.2, 0) is 28.6 Å². The quantitative estimate of drug-likeness (QED) is 0.0261. The predicted molar refractivity (Wildman–Crippen MR) is 357 cm³/mol. The molecule has 0 spiro atoms. The number of hydrogen-bond acceptors (Lipinski definition) is 6. The van der Waals surface area contributed by atoms with Gasteiger partial charge in [-0.2, -0.15) is 0 Å². The van der Waals surface area contributed by atoms with Gasteiger partial charge in [-0.25, -0.2) is 0 Å². The maximum Gasteiger partial charge on any atom is 0.306 e. The van der Waals surface area contributed by atoms with Crippen LogP contribution >= 0.6 is 0 Å². The lowest BCUT2D eigenvalue weighted by atomic mass is 10.0. The summed E-state index contributed by atoms with van der Waals surface area (Å²) in [7, 11) is 0. The van der Waals surface area contributed by atoms with E-state index in [1.54, 1.807) is 0 Å². The van der Waals surface area contributed by atoms with Gasteiger partial charge in [-0.15, -0.1) is 0 Å². The SMILES string of the molecule is CC/C=C\C/C=C\C/C=C\C/C=C\C/C=C\CCCCCCCCCC(=O)OC(COC(=O)CCCCCCCCCC)COC(=O)CCCCCCCCCCCCCCCCCCCCCC/C=C\C/C=C\C/C=C\C/C=C\CC. The fraction of sp³-hybridized carbons (Fsp3) is 0.724. The van der Waals surface area contributed by atoms with Gasteiger partial charge in [0, 0.05) is 19.3 Å². The van der Waals surface area contributed by atoms with Crippen LogP contribution in [-0.4, -0.2) is 37.2 Å². The minimum atomic E-state index is -0.782. The van der Waals surface area contributed by atoms with Crippen molar-refractivity contribution in [3.05, 3.63) is 109 Å². The Kier molecular flexibility index (Phi) is 66.2. The molecule has 82 heavy (non-hydrogen) atoms. The molecular weight excluding hydrogens is 1010 g/mol. The predicted octanol–water partition coefficient (Wildman–Crippen LogP) is 24.2. The first-order valence-corrected chi connectivity index (χ1v) is 34.9. The van der Waals surface area contributed by atoms with E-state index in [1.165, 1.54) is 173 Å². The summed E-state index contributed by atoms with van der Waals surface area (Å²) in [6.07, 6.45) is 95.7. The second kappa shape index (κ2) is 69.6. The molecular formula is C76H130O6. The number of ether oxygens (including phenoxy) is 3. The number of allylic oxidation sites excluding steroid dienone is 18. The number of hydrogen-bond donors (Lipinski definition) is 0. The Hall–Kier alpha value is -3.93. The Morgan fingerprint density at radius 2 is 0.476 bits per heavy atom. The van der Waals surface area contributed by atoms with E-state index in [0.717, 1.165) is 122 Å². The molecule has 0 saturated carbocycles. The Morgan fingerprint density at radius 1 is 0.256 bits per heavy atom. The van der Waals surface area contributed by atoms with E-state index >= 15 is 0 Å². The molecule has 0 aliphatic rings. The van der Waals surface area contributed by atoms with E-state index in [1.807, 2.05) is 0 Å². The lowest BCUT2D eigenvalue weighted by Crippen LogP contribution is -2.30. The van der Waals surface area contributed by atoms with Crippen LogP contribution in [0.5, 0.6) is 0 Å². The zero-order valence-corrected chi connectivity index (χ0v) is 54.0. The number of carbonyl (C=O) groups excluding carboxylic acids is 3. The van der Waals surface area contributed by atoms with Crippen LogP contribution in [0.2, 0.25) is 0 Å². The van der Waals surface area contributed by atoms with E-state index in [9.17, 15) is 14.4 Å². The lowest BCUT2D eigenvalue weighted by molar-refractivity contribution is -0.167. The highest BCUT2D eigenvalue weighted by molar-refractivity contribution is 5.71. The molecule has 470 valence electrons. The maximum absolute atomic E-state index is 12.9. The van der Waals surface area contributed by atoms with Crippen LogP contribution in [0.4, 0.5) is 0 Å². The summed E-state index contributed by atoms with van der Waals surface area (Å²) >= 11 is 0. The third-order valence-electron chi connectivity index (χ3n) is 15.0. The summed E-state index contributed by atoms with van der Waals surface area (Å²) in [4.78, 5) is 38.2. The van der Waals surface area contributed by atoms with E-state index in [4.69, 9.17) is 14.2 Å². The summed E-state index contributed by atoms with van der Waals surface area (Å²) in [5.74, 6) is -0.881. The molecule has 6 nitrogen and oxygen atoms in total. The molecule has 0 aliphatic heterocycles. The Bertz CT molecular complexity index is 1640. The number of unbranched alkanes of at least 4 members (excludes halogenated alkanes) is 34. The first kappa shape index (κ1) is 78.1. The van der Waals surface area contributed by atoms with Crippen molar-refractivity contribution in [2.75, 3.05) is 13.2 Å². The Morgan fingerprint density at radius 3 is 0.744 bits per heavy atom. The van der Waals surface area contributed by atoms with Crippen LogP contribution in [0.25, 0.3) is 0 Å². The van der Waals surface area contributed by atoms with Gasteiger partial charge in [0.1, 0.15) is 13.2 Å². The van der Waals surface area contributed by atoms with Gasteiger partial charge in [0.15, 0.2) is 6.10 Å². The molecule has 0 N–H and O–H groups in total. The smallest absolute Gasteiger partial charge is 0.306 e. The van der Waals surface area contributed by atoms with Crippen molar-refractivity contribution in [3.8, 4) is 0 Å². The average Bonchev–Trinajstić information content (AvgIpc) is 3.47. The van der Waals surface area contributed by atoms with Crippen LogP contribution < -0.4 is 0 Å². The molecule has 0 aromatic rings. The van der Waals surface area contributed by atoms with Gasteiger partial charge in [-0.05, 0) is 103 Å². The summed E-state index contributed by atoms with van der Waals surface area (Å²) < 4.78 is 16.9. The summed E-state index contributed by atoms with van der Waals surface area (Å²) in [6.45, 7) is 6.41. The molecule has 0 aromatic carbocycles. The maximum atomic E-state index is 12.9. The van der Waals surface area contributed by atoms with Gasteiger partial charge in [0.05, 0.1) is 0 Å². The van der Waals surface area contributed by atoms with Crippen LogP contribution in [0.1, 0.15) is 335 Å². The van der Waals surface area contributed by atoms with Gasteiger partial charge in [0.25, 0.3) is 0 Å². The summed E-state index contributed by atoms with van der Waals surface area (Å²) in [6, 6.07) is 0. The van der Waals surface area contributed by atoms with Gasteiger partial charge in [0.2, 0.25) is 0 Å². The number of rotatable bonds is 63. The molecule has 1 atom stereocenters. The summed E-state index contributed by atoms with van der Waals surface area (Å²) in [5, 5.41) is 0. The fourth-order valence-electron chi connectivity index (χ4n) is 9.88. The third-order valence-corrected chi connectivity index (χ3v) is 15.0. The van der Waals surface area contributed by atoms with Gasteiger partial charge in [-0.1, -0.05) is 323 Å². The largest absolute Gasteiger partial charge is 0.462 e. The zero-order valence-electron chi connectivity index (χ0n) is 54.0. The molecule has 0 radical (unpaired) electrons. The molecule has 0 saturated heterocycles. The highest BCUT2D eigenvalue weighted by atomic mass is 16.6. The van der Waals surface area contributed by atoms with E-state index in [-0.39, 0.29) is 31.1 Å². The van der Waals surface area contributed by atoms with Gasteiger partial charge >= 0.3 is 17.9 Å². The standard InChI is InChI=1S/C76H130O6/c1-4-7-10-13-16-19-21-23-25-27-29-31-33-34-35-36-37-38-39-40-41-42-44-45-47-49-51-53-55-57-60-63-66-69-75(78)81-72-73(71-80-74(77)68-65-62-59-18-15-12-9-6-3)82-76(79)70-67-64-61-58-56-54-52-50-48-46-43-32-30-28-26-24-22-20-17-14-11-8-5-2/h7-8,10-11,16-17,19-20,23-26,29-32,46,48,73H,4-6,9,12-15,18,21-22,27-28,33-45,47,49-72H2,1-3H3/b10-7-,11-8-,19-16-,20-17-,25-23-,26-24-,31-29-,32-30-,48-46-. The van der Waals surface area contributed by atoms with Crippen molar-refractivity contribution in [1.82, 2.24) is 0 Å². The molecule has 0 heterocycles. The van der Waals surface area contributed by atoms with Gasteiger partial charge in [-0.3, -0.25) is 14.4 Å². The minimum Gasteiger partial charge on any atom is -0.462 e. The van der Waals surface area contributed by atoms with Crippen molar-refractivity contribution >= 4 is 17.9 Å². The van der Waals surface area contributed by atoms with Crippen LogP contribution in [0.15, 0.2) is 109 Å². The van der Waals surface area contributed by atoms with Gasteiger partial charge < -0.3 is 14.2 Å². The highest BCUT2D eigenvalue weighted by Crippen LogP contribution is 2.17.